The van der Waals surface area contributed by atoms with Crippen LogP contribution in [0.3, 0.4) is 0 Å². The molecule has 8 atom stereocenters. The van der Waals surface area contributed by atoms with Gasteiger partial charge in [-0.05, 0) is 103 Å². The molecule has 5 nitrogen and oxygen atoms in total. The lowest BCUT2D eigenvalue weighted by molar-refractivity contribution is -0.134. The van der Waals surface area contributed by atoms with Crippen LogP contribution in [0.2, 0.25) is 0 Å². The van der Waals surface area contributed by atoms with Gasteiger partial charge in [-0.2, -0.15) is 0 Å². The fourth-order valence-electron chi connectivity index (χ4n) is 8.75. The van der Waals surface area contributed by atoms with E-state index in [4.69, 9.17) is 4.74 Å². The van der Waals surface area contributed by atoms with E-state index < -0.39 is 0 Å². The van der Waals surface area contributed by atoms with Gasteiger partial charge in [-0.1, -0.05) is 38.1 Å². The highest BCUT2D eigenvalue weighted by molar-refractivity contribution is 7.10. The van der Waals surface area contributed by atoms with Crippen molar-refractivity contribution >= 4 is 23.2 Å². The zero-order valence-corrected chi connectivity index (χ0v) is 23.6. The van der Waals surface area contributed by atoms with Crippen molar-refractivity contribution in [1.82, 2.24) is 10.6 Å². The summed E-state index contributed by atoms with van der Waals surface area (Å²) in [5.74, 6) is 2.96. The SMILES string of the molecule is COc1ccc(CC(NC(=O)C2CC[C@H]3[C@@H]4CCC5NC(=O)C=C[C@]5(C)[C@@H]4CC[C@]23C)c2cccs2)cc1. The third-order valence-corrected chi connectivity index (χ3v) is 11.8. The fraction of sp³-hybridized carbons (Fsp3) is 0.562. The van der Waals surface area contributed by atoms with E-state index in [1.807, 2.05) is 12.1 Å². The minimum atomic E-state index is -0.0276. The van der Waals surface area contributed by atoms with Crippen molar-refractivity contribution in [1.29, 1.82) is 0 Å². The van der Waals surface area contributed by atoms with E-state index in [0.717, 1.165) is 50.7 Å². The summed E-state index contributed by atoms with van der Waals surface area (Å²) in [7, 11) is 1.68. The quantitative estimate of drug-likeness (QED) is 0.475. The maximum atomic E-state index is 14.0. The summed E-state index contributed by atoms with van der Waals surface area (Å²) in [6.45, 7) is 4.76. The molecule has 0 spiro atoms. The first-order chi connectivity index (χ1) is 18.3. The summed E-state index contributed by atoms with van der Waals surface area (Å²) in [5, 5.41) is 8.85. The summed E-state index contributed by atoms with van der Waals surface area (Å²) < 4.78 is 5.33. The van der Waals surface area contributed by atoms with Crippen molar-refractivity contribution in [2.45, 2.75) is 70.9 Å². The highest BCUT2D eigenvalue weighted by Crippen LogP contribution is 2.65. The lowest BCUT2D eigenvalue weighted by atomic mass is 9.48. The van der Waals surface area contributed by atoms with Crippen molar-refractivity contribution < 1.29 is 14.3 Å². The predicted octanol–water partition coefficient (Wildman–Crippen LogP) is 6.07. The Bertz CT molecular complexity index is 1210. The van der Waals surface area contributed by atoms with Gasteiger partial charge in [0, 0.05) is 22.3 Å². The molecule has 6 heteroatoms. The van der Waals surface area contributed by atoms with E-state index in [-0.39, 0.29) is 40.6 Å². The van der Waals surface area contributed by atoms with Gasteiger partial charge >= 0.3 is 0 Å². The molecule has 3 aliphatic carbocycles. The molecule has 3 saturated carbocycles. The molecule has 1 aliphatic heterocycles. The van der Waals surface area contributed by atoms with Gasteiger partial charge < -0.3 is 15.4 Å². The maximum Gasteiger partial charge on any atom is 0.243 e. The van der Waals surface area contributed by atoms with Crippen LogP contribution in [0.25, 0.3) is 0 Å². The third kappa shape index (κ3) is 4.29. The van der Waals surface area contributed by atoms with Crippen molar-refractivity contribution in [3.05, 3.63) is 64.4 Å². The molecule has 0 radical (unpaired) electrons. The first-order valence-electron chi connectivity index (χ1n) is 14.3. The van der Waals surface area contributed by atoms with E-state index >= 15 is 0 Å². The van der Waals surface area contributed by atoms with Crippen LogP contribution in [0.5, 0.6) is 5.75 Å². The third-order valence-electron chi connectivity index (χ3n) is 10.8. The van der Waals surface area contributed by atoms with Crippen molar-refractivity contribution in [2.75, 3.05) is 7.11 Å². The molecule has 3 fully saturated rings. The van der Waals surface area contributed by atoms with Gasteiger partial charge in [0.25, 0.3) is 0 Å². The molecule has 2 amide bonds. The van der Waals surface area contributed by atoms with Crippen LogP contribution in [0.4, 0.5) is 0 Å². The number of carbonyl (C=O) groups is 2. The fourth-order valence-corrected chi connectivity index (χ4v) is 9.52. The second-order valence-electron chi connectivity index (χ2n) is 12.5. The van der Waals surface area contributed by atoms with Gasteiger partial charge in [0.1, 0.15) is 5.75 Å². The highest BCUT2D eigenvalue weighted by atomic mass is 32.1. The van der Waals surface area contributed by atoms with Crippen molar-refractivity contribution in [2.24, 2.45) is 34.5 Å². The highest BCUT2D eigenvalue weighted by Gasteiger charge is 2.60. The van der Waals surface area contributed by atoms with Crippen LogP contribution in [0.15, 0.2) is 53.9 Å². The molecule has 1 aromatic heterocycles. The zero-order chi connectivity index (χ0) is 26.5. The minimum absolute atomic E-state index is 0.0276. The molecule has 2 N–H and O–H groups in total. The van der Waals surface area contributed by atoms with Crippen LogP contribution in [-0.2, 0) is 16.0 Å². The maximum absolute atomic E-state index is 14.0. The Balaban J connectivity index is 1.19. The summed E-state index contributed by atoms with van der Waals surface area (Å²) in [4.78, 5) is 27.2. The first-order valence-corrected chi connectivity index (χ1v) is 15.2. The average Bonchev–Trinajstić information content (AvgIpc) is 3.57. The van der Waals surface area contributed by atoms with Crippen molar-refractivity contribution in [3.63, 3.8) is 0 Å². The Morgan fingerprint density at radius 2 is 1.92 bits per heavy atom. The number of ether oxygens (including phenoxy) is 1. The molecule has 2 aromatic rings. The van der Waals surface area contributed by atoms with Crippen LogP contribution in [0.1, 0.15) is 68.9 Å². The Hall–Kier alpha value is -2.60. The standard InChI is InChI=1S/C32H40N2O3S/c1-31-16-14-24-22(10-13-28-32(24,2)17-15-29(35)34-28)23(31)11-12-25(31)30(36)33-26(27-5-4-18-38-27)19-20-6-8-21(37-3)9-7-20/h4-9,15,17-18,22-26,28H,10-14,16,19H2,1-3H3,(H,33,36)(H,34,35)/t22-,23-,24+,25?,26?,28?,31-,32+/m0/s1. The molecular formula is C32H40N2O3S. The van der Waals surface area contributed by atoms with Gasteiger partial charge in [0.2, 0.25) is 11.8 Å². The minimum Gasteiger partial charge on any atom is -0.497 e. The van der Waals surface area contributed by atoms with Crippen LogP contribution < -0.4 is 15.4 Å². The average molecular weight is 533 g/mol. The Labute approximate surface area is 230 Å². The molecule has 38 heavy (non-hydrogen) atoms. The Morgan fingerprint density at radius 3 is 2.66 bits per heavy atom. The van der Waals surface area contributed by atoms with Crippen molar-refractivity contribution in [3.8, 4) is 5.75 Å². The summed E-state index contributed by atoms with van der Waals surface area (Å²) >= 11 is 1.71. The Morgan fingerprint density at radius 1 is 1.11 bits per heavy atom. The molecule has 0 saturated heterocycles. The molecule has 1 aromatic carbocycles. The summed E-state index contributed by atoms with van der Waals surface area (Å²) in [5.41, 5.74) is 1.26. The molecule has 4 aliphatic rings. The lowest BCUT2D eigenvalue weighted by Crippen LogP contribution is -2.59. The van der Waals surface area contributed by atoms with Gasteiger partial charge in [0.05, 0.1) is 13.2 Å². The number of nitrogens with one attached hydrogen (secondary N) is 2. The number of amides is 2. The van der Waals surface area contributed by atoms with E-state index in [1.165, 1.54) is 10.4 Å². The number of rotatable bonds is 6. The number of hydrogen-bond acceptors (Lipinski definition) is 4. The van der Waals surface area contributed by atoms with Crippen LogP contribution in [-0.4, -0.2) is 25.0 Å². The Kier molecular flexibility index (Phi) is 6.66. The molecule has 6 rings (SSSR count). The molecule has 0 bridgehead atoms. The van der Waals surface area contributed by atoms with Crippen LogP contribution in [0, 0.1) is 34.5 Å². The van der Waals surface area contributed by atoms with Gasteiger partial charge in [0.15, 0.2) is 0 Å². The number of hydrogen-bond donors (Lipinski definition) is 2. The molecule has 202 valence electrons. The lowest BCUT2D eigenvalue weighted by Gasteiger charge is -2.58. The zero-order valence-electron chi connectivity index (χ0n) is 22.7. The number of fused-ring (bicyclic) bond motifs is 5. The van der Waals surface area contributed by atoms with E-state index in [1.54, 1.807) is 24.5 Å². The van der Waals surface area contributed by atoms with Gasteiger partial charge in [-0.25, -0.2) is 0 Å². The van der Waals surface area contributed by atoms with E-state index in [9.17, 15) is 9.59 Å². The molecule has 2 heterocycles. The summed E-state index contributed by atoms with van der Waals surface area (Å²) in [6.07, 6.45) is 11.3. The van der Waals surface area contributed by atoms with E-state index in [2.05, 4.69) is 60.2 Å². The second kappa shape index (κ2) is 9.86. The van der Waals surface area contributed by atoms with Gasteiger partial charge in [-0.15, -0.1) is 11.3 Å². The molecular weight excluding hydrogens is 492 g/mol. The van der Waals surface area contributed by atoms with Gasteiger partial charge in [-0.3, -0.25) is 9.59 Å². The monoisotopic (exact) mass is 532 g/mol. The number of methoxy groups -OCH3 is 1. The first kappa shape index (κ1) is 25.7. The summed E-state index contributed by atoms with van der Waals surface area (Å²) in [6, 6.07) is 12.6. The number of thiophene rings is 1. The second-order valence-corrected chi connectivity index (χ2v) is 13.5. The normalized spacial score (nSPS) is 36.4. The predicted molar refractivity (Wildman–Crippen MR) is 151 cm³/mol. The molecule has 3 unspecified atom stereocenters. The topological polar surface area (TPSA) is 67.4 Å². The smallest absolute Gasteiger partial charge is 0.243 e. The largest absolute Gasteiger partial charge is 0.497 e. The number of carbonyl (C=O) groups excluding carboxylic acids is 2. The number of benzene rings is 1. The van der Waals surface area contributed by atoms with Crippen LogP contribution >= 0.6 is 11.3 Å². The van der Waals surface area contributed by atoms with E-state index in [0.29, 0.717) is 17.8 Å².